The first-order valence-electron chi connectivity index (χ1n) is 9.83. The van der Waals surface area contributed by atoms with E-state index in [9.17, 15) is 18.0 Å². The molecule has 1 atom stereocenters. The van der Waals surface area contributed by atoms with Gasteiger partial charge in [0.25, 0.3) is 0 Å². The minimum Gasteiger partial charge on any atom is -0.491 e. The van der Waals surface area contributed by atoms with Gasteiger partial charge in [0.1, 0.15) is 29.8 Å². The van der Waals surface area contributed by atoms with Gasteiger partial charge in [-0.1, -0.05) is 6.92 Å². The number of aromatic nitrogens is 2. The number of imidazole rings is 1. The first-order valence-corrected chi connectivity index (χ1v) is 9.83. The standard InChI is InChI=1S/C21H26F3N3O3/c1-5-18-25-12-16-17(13-29-15-8-6-14(7-9-15)21(22,23)24)27(11-10-26(16)18)19(28)30-20(2,3)4/h6-9,12,17H,5,10-11,13H2,1-4H3. The Kier molecular flexibility index (Phi) is 6.01. The second-order valence-electron chi connectivity index (χ2n) is 8.13. The molecule has 6 nitrogen and oxygen atoms in total. The first kappa shape index (κ1) is 22.0. The summed E-state index contributed by atoms with van der Waals surface area (Å²) in [5, 5.41) is 0. The highest BCUT2D eigenvalue weighted by atomic mass is 19.4. The zero-order chi connectivity index (χ0) is 22.1. The summed E-state index contributed by atoms with van der Waals surface area (Å²) in [4.78, 5) is 18.8. The van der Waals surface area contributed by atoms with Crippen molar-refractivity contribution in [3.8, 4) is 5.75 Å². The lowest BCUT2D eigenvalue weighted by atomic mass is 10.1. The van der Waals surface area contributed by atoms with Gasteiger partial charge in [0.2, 0.25) is 0 Å². The fraction of sp³-hybridized carbons (Fsp3) is 0.524. The van der Waals surface area contributed by atoms with Gasteiger partial charge in [0, 0.05) is 19.5 Å². The van der Waals surface area contributed by atoms with Crippen LogP contribution >= 0.6 is 0 Å². The average Bonchev–Trinajstić information content (AvgIpc) is 3.07. The molecular weight excluding hydrogens is 399 g/mol. The molecule has 0 saturated carbocycles. The third-order valence-electron chi connectivity index (χ3n) is 4.78. The van der Waals surface area contributed by atoms with Crippen LogP contribution in [-0.2, 0) is 23.9 Å². The number of aryl methyl sites for hydroxylation is 1. The minimum atomic E-state index is -4.40. The van der Waals surface area contributed by atoms with Crippen LogP contribution in [0.3, 0.4) is 0 Å². The summed E-state index contributed by atoms with van der Waals surface area (Å²) in [6.07, 6.45) is -2.40. The fourth-order valence-electron chi connectivity index (χ4n) is 3.39. The van der Waals surface area contributed by atoms with E-state index in [0.717, 1.165) is 30.1 Å². The Balaban J connectivity index is 1.81. The van der Waals surface area contributed by atoms with Gasteiger partial charge in [-0.2, -0.15) is 13.2 Å². The van der Waals surface area contributed by atoms with Crippen molar-refractivity contribution in [3.05, 3.63) is 47.5 Å². The number of hydrogen-bond donors (Lipinski definition) is 0. The molecule has 30 heavy (non-hydrogen) atoms. The second kappa shape index (κ2) is 8.20. The normalized spacial score (nSPS) is 16.9. The van der Waals surface area contributed by atoms with E-state index in [1.54, 1.807) is 31.9 Å². The van der Waals surface area contributed by atoms with Crippen LogP contribution in [0.2, 0.25) is 0 Å². The van der Waals surface area contributed by atoms with Crippen molar-refractivity contribution < 1.29 is 27.4 Å². The van der Waals surface area contributed by atoms with E-state index in [2.05, 4.69) is 9.55 Å². The molecule has 0 bridgehead atoms. The molecule has 0 saturated heterocycles. The molecule has 1 amide bonds. The fourth-order valence-corrected chi connectivity index (χ4v) is 3.39. The molecule has 1 aliphatic rings. The Hall–Kier alpha value is -2.71. The van der Waals surface area contributed by atoms with Crippen LogP contribution in [0.25, 0.3) is 0 Å². The molecule has 164 valence electrons. The second-order valence-corrected chi connectivity index (χ2v) is 8.13. The van der Waals surface area contributed by atoms with E-state index >= 15 is 0 Å². The average molecular weight is 425 g/mol. The van der Waals surface area contributed by atoms with Crippen molar-refractivity contribution in [1.29, 1.82) is 0 Å². The van der Waals surface area contributed by atoms with Gasteiger partial charge in [0.05, 0.1) is 17.5 Å². The highest BCUT2D eigenvalue weighted by molar-refractivity contribution is 5.69. The third-order valence-corrected chi connectivity index (χ3v) is 4.78. The maximum absolute atomic E-state index is 12.8. The van der Waals surface area contributed by atoms with Crippen molar-refractivity contribution in [1.82, 2.24) is 14.5 Å². The molecule has 1 aliphatic heterocycles. The molecule has 0 N–H and O–H groups in total. The van der Waals surface area contributed by atoms with Crippen molar-refractivity contribution >= 4 is 6.09 Å². The lowest BCUT2D eigenvalue weighted by Gasteiger charge is -2.37. The maximum atomic E-state index is 12.8. The molecule has 0 aliphatic carbocycles. The summed E-state index contributed by atoms with van der Waals surface area (Å²) in [5.41, 5.74) is -0.577. The third kappa shape index (κ3) is 4.88. The Bertz CT molecular complexity index is 886. The zero-order valence-corrected chi connectivity index (χ0v) is 17.5. The van der Waals surface area contributed by atoms with Crippen LogP contribution in [0.1, 0.15) is 50.8 Å². The molecule has 9 heteroatoms. The van der Waals surface area contributed by atoms with Gasteiger partial charge in [-0.05, 0) is 45.0 Å². The summed E-state index contributed by atoms with van der Waals surface area (Å²) >= 11 is 0. The highest BCUT2D eigenvalue weighted by Crippen LogP contribution is 2.32. The van der Waals surface area contributed by atoms with Gasteiger partial charge >= 0.3 is 12.3 Å². The summed E-state index contributed by atoms with van der Waals surface area (Å²) in [5.74, 6) is 1.20. The predicted molar refractivity (Wildman–Crippen MR) is 104 cm³/mol. The SMILES string of the molecule is CCc1ncc2n1CCN(C(=O)OC(C)(C)C)C2COc1ccc(C(F)(F)F)cc1. The number of carbonyl (C=O) groups excluding carboxylic acids is 1. The largest absolute Gasteiger partial charge is 0.491 e. The number of alkyl halides is 3. The quantitative estimate of drug-likeness (QED) is 0.704. The molecular formula is C21H26F3N3O3. The Morgan fingerprint density at radius 2 is 1.83 bits per heavy atom. The van der Waals surface area contributed by atoms with Crippen LogP contribution in [0.15, 0.2) is 30.5 Å². The van der Waals surface area contributed by atoms with Crippen LogP contribution < -0.4 is 4.74 Å². The Morgan fingerprint density at radius 1 is 1.17 bits per heavy atom. The topological polar surface area (TPSA) is 56.6 Å². The Labute approximate surface area is 173 Å². The summed E-state index contributed by atoms with van der Waals surface area (Å²) in [6, 6.07) is 4.03. The van der Waals surface area contributed by atoms with E-state index in [-0.39, 0.29) is 6.61 Å². The molecule has 1 unspecified atom stereocenters. The minimum absolute atomic E-state index is 0.0689. The number of carbonyl (C=O) groups is 1. The van der Waals surface area contributed by atoms with E-state index in [0.29, 0.717) is 18.8 Å². The van der Waals surface area contributed by atoms with Crippen molar-refractivity contribution in [2.45, 2.75) is 58.5 Å². The molecule has 0 spiro atoms. The smallest absolute Gasteiger partial charge is 0.416 e. The van der Waals surface area contributed by atoms with Gasteiger partial charge in [0.15, 0.2) is 0 Å². The summed E-state index contributed by atoms with van der Waals surface area (Å²) in [6.45, 7) is 8.47. The lowest BCUT2D eigenvalue weighted by molar-refractivity contribution is -0.137. The lowest BCUT2D eigenvalue weighted by Crippen LogP contribution is -2.46. The molecule has 3 rings (SSSR count). The molecule has 1 aromatic heterocycles. The van der Waals surface area contributed by atoms with Gasteiger partial charge < -0.3 is 14.0 Å². The van der Waals surface area contributed by atoms with E-state index in [1.165, 1.54) is 12.1 Å². The number of nitrogens with zero attached hydrogens (tertiary/aromatic N) is 3. The Morgan fingerprint density at radius 3 is 2.40 bits per heavy atom. The summed E-state index contributed by atoms with van der Waals surface area (Å²) < 4.78 is 51.7. The van der Waals surface area contributed by atoms with Crippen LogP contribution in [-0.4, -0.2) is 39.3 Å². The molecule has 1 aromatic carbocycles. The number of rotatable bonds is 4. The van der Waals surface area contributed by atoms with Gasteiger partial charge in [-0.15, -0.1) is 0 Å². The number of hydrogen-bond acceptors (Lipinski definition) is 4. The van der Waals surface area contributed by atoms with Crippen molar-refractivity contribution in [2.24, 2.45) is 0 Å². The van der Waals surface area contributed by atoms with Crippen LogP contribution in [0, 0.1) is 0 Å². The van der Waals surface area contributed by atoms with Crippen LogP contribution in [0.4, 0.5) is 18.0 Å². The maximum Gasteiger partial charge on any atom is 0.416 e. The monoisotopic (exact) mass is 425 g/mol. The molecule has 2 heterocycles. The van der Waals surface area contributed by atoms with Gasteiger partial charge in [-0.3, -0.25) is 4.90 Å². The number of benzene rings is 1. The molecule has 0 fully saturated rings. The number of fused-ring (bicyclic) bond motifs is 1. The predicted octanol–water partition coefficient (Wildman–Crippen LogP) is 4.84. The molecule has 0 radical (unpaired) electrons. The van der Waals surface area contributed by atoms with Crippen molar-refractivity contribution in [2.75, 3.05) is 13.2 Å². The summed E-state index contributed by atoms with van der Waals surface area (Å²) in [7, 11) is 0. The molecule has 2 aromatic rings. The zero-order valence-electron chi connectivity index (χ0n) is 17.5. The van der Waals surface area contributed by atoms with Crippen molar-refractivity contribution in [3.63, 3.8) is 0 Å². The van der Waals surface area contributed by atoms with Gasteiger partial charge in [-0.25, -0.2) is 9.78 Å². The number of ether oxygens (including phenoxy) is 2. The highest BCUT2D eigenvalue weighted by Gasteiger charge is 2.36. The van der Waals surface area contributed by atoms with E-state index in [1.807, 2.05) is 6.92 Å². The van der Waals surface area contributed by atoms with Crippen LogP contribution in [0.5, 0.6) is 5.75 Å². The number of halogens is 3. The van der Waals surface area contributed by atoms with E-state index < -0.39 is 29.5 Å². The first-order chi connectivity index (χ1) is 14.0. The number of amides is 1. The van der Waals surface area contributed by atoms with E-state index in [4.69, 9.17) is 9.47 Å².